The van der Waals surface area contributed by atoms with Crippen molar-refractivity contribution in [3.63, 3.8) is 0 Å². The van der Waals surface area contributed by atoms with Crippen molar-refractivity contribution in [2.45, 2.75) is 26.4 Å². The zero-order valence-electron chi connectivity index (χ0n) is 12.6. The number of aromatic nitrogens is 3. The summed E-state index contributed by atoms with van der Waals surface area (Å²) in [7, 11) is 0. The number of carbonyl (C=O) groups excluding carboxylic acids is 1. The van der Waals surface area contributed by atoms with E-state index in [1.807, 2.05) is 13.8 Å². The molecule has 0 atom stereocenters. The molecule has 1 aromatic carbocycles. The van der Waals surface area contributed by atoms with Crippen LogP contribution in [0.2, 0.25) is 5.15 Å². The minimum absolute atomic E-state index is 0.0601. The number of hydrogen-bond donors (Lipinski definition) is 0. The summed E-state index contributed by atoms with van der Waals surface area (Å²) in [6, 6.07) is 8.54. The zero-order chi connectivity index (χ0) is 16.4. The Morgan fingerprint density at radius 2 is 2.09 bits per heavy atom. The Balaban J connectivity index is 1.71. The topological polar surface area (TPSA) is 78.1 Å². The summed E-state index contributed by atoms with van der Waals surface area (Å²) in [5.41, 5.74) is 1.14. The van der Waals surface area contributed by atoms with Gasteiger partial charge in [-0.1, -0.05) is 30.6 Å². The lowest BCUT2D eigenvalue weighted by molar-refractivity contribution is 0.0430. The lowest BCUT2D eigenvalue weighted by Crippen LogP contribution is -2.05. The Kier molecular flexibility index (Phi) is 4.25. The SMILES string of the molecule is CC(C)c1noc(COC(=O)c2ccc3nc(Cl)ccc3c2)n1. The molecule has 2 heterocycles. The average Bonchev–Trinajstić information content (AvgIpc) is 3.01. The summed E-state index contributed by atoms with van der Waals surface area (Å²) in [6.45, 7) is 3.85. The van der Waals surface area contributed by atoms with Crippen LogP contribution in [0, 0.1) is 0 Å². The molecule has 6 nitrogen and oxygen atoms in total. The Morgan fingerprint density at radius 3 is 2.83 bits per heavy atom. The van der Waals surface area contributed by atoms with E-state index in [0.29, 0.717) is 22.1 Å². The fourth-order valence-corrected chi connectivity index (χ4v) is 2.15. The second-order valence-corrected chi connectivity index (χ2v) is 5.71. The van der Waals surface area contributed by atoms with Gasteiger partial charge in [0.1, 0.15) is 5.15 Å². The number of benzene rings is 1. The highest BCUT2D eigenvalue weighted by Crippen LogP contribution is 2.18. The maximum atomic E-state index is 12.1. The molecule has 0 spiro atoms. The summed E-state index contributed by atoms with van der Waals surface area (Å²) in [6.07, 6.45) is 0. The Labute approximate surface area is 137 Å². The van der Waals surface area contributed by atoms with E-state index in [4.69, 9.17) is 20.9 Å². The monoisotopic (exact) mass is 331 g/mol. The van der Waals surface area contributed by atoms with Crippen molar-refractivity contribution in [2.75, 3.05) is 0 Å². The molecule has 0 fully saturated rings. The van der Waals surface area contributed by atoms with Gasteiger partial charge >= 0.3 is 5.97 Å². The minimum Gasteiger partial charge on any atom is -0.452 e. The van der Waals surface area contributed by atoms with Crippen molar-refractivity contribution in [1.82, 2.24) is 15.1 Å². The molecule has 0 unspecified atom stereocenters. The van der Waals surface area contributed by atoms with Gasteiger partial charge in [0.25, 0.3) is 5.89 Å². The fourth-order valence-electron chi connectivity index (χ4n) is 2.00. The first-order valence-electron chi connectivity index (χ1n) is 7.09. The van der Waals surface area contributed by atoms with Crippen LogP contribution >= 0.6 is 11.6 Å². The predicted molar refractivity (Wildman–Crippen MR) is 84.3 cm³/mol. The van der Waals surface area contributed by atoms with Gasteiger partial charge in [-0.25, -0.2) is 9.78 Å². The van der Waals surface area contributed by atoms with E-state index >= 15 is 0 Å². The smallest absolute Gasteiger partial charge is 0.338 e. The molecular weight excluding hydrogens is 318 g/mol. The van der Waals surface area contributed by atoms with Gasteiger partial charge in [0.15, 0.2) is 12.4 Å². The van der Waals surface area contributed by atoms with Crippen molar-refractivity contribution in [3.05, 3.63) is 52.8 Å². The third kappa shape index (κ3) is 3.48. The molecule has 0 saturated heterocycles. The van der Waals surface area contributed by atoms with Crippen LogP contribution in [0.3, 0.4) is 0 Å². The van der Waals surface area contributed by atoms with Crippen LogP contribution in [0.5, 0.6) is 0 Å². The fraction of sp³-hybridized carbons (Fsp3) is 0.250. The lowest BCUT2D eigenvalue weighted by Gasteiger charge is -2.04. The van der Waals surface area contributed by atoms with E-state index < -0.39 is 5.97 Å². The van der Waals surface area contributed by atoms with Gasteiger partial charge in [-0.2, -0.15) is 4.98 Å². The van der Waals surface area contributed by atoms with Crippen LogP contribution < -0.4 is 0 Å². The Bertz CT molecular complexity index is 861. The van der Waals surface area contributed by atoms with Crippen LogP contribution in [-0.2, 0) is 11.3 Å². The van der Waals surface area contributed by atoms with E-state index in [-0.39, 0.29) is 18.4 Å². The van der Waals surface area contributed by atoms with Crippen molar-refractivity contribution in [2.24, 2.45) is 0 Å². The van der Waals surface area contributed by atoms with Crippen LogP contribution in [0.25, 0.3) is 10.9 Å². The number of esters is 1. The van der Waals surface area contributed by atoms with Gasteiger partial charge in [0, 0.05) is 11.3 Å². The number of carbonyl (C=O) groups is 1. The number of pyridine rings is 1. The van der Waals surface area contributed by atoms with E-state index in [1.54, 1.807) is 30.3 Å². The highest BCUT2D eigenvalue weighted by molar-refractivity contribution is 6.29. The first-order valence-corrected chi connectivity index (χ1v) is 7.46. The summed E-state index contributed by atoms with van der Waals surface area (Å²) in [4.78, 5) is 20.4. The van der Waals surface area contributed by atoms with Gasteiger partial charge in [-0.15, -0.1) is 0 Å². The number of nitrogens with zero attached hydrogens (tertiary/aromatic N) is 3. The van der Waals surface area contributed by atoms with Gasteiger partial charge in [0.05, 0.1) is 11.1 Å². The van der Waals surface area contributed by atoms with Crippen molar-refractivity contribution < 1.29 is 14.1 Å². The van der Waals surface area contributed by atoms with Gasteiger partial charge in [0.2, 0.25) is 0 Å². The van der Waals surface area contributed by atoms with Crippen molar-refractivity contribution in [3.8, 4) is 0 Å². The van der Waals surface area contributed by atoms with E-state index in [0.717, 1.165) is 5.39 Å². The number of hydrogen-bond acceptors (Lipinski definition) is 6. The van der Waals surface area contributed by atoms with Crippen LogP contribution in [0.4, 0.5) is 0 Å². The molecule has 0 aliphatic carbocycles. The Morgan fingerprint density at radius 1 is 1.26 bits per heavy atom. The number of ether oxygens (including phenoxy) is 1. The van der Waals surface area contributed by atoms with Crippen LogP contribution in [-0.4, -0.2) is 21.1 Å². The Hall–Kier alpha value is -2.47. The summed E-state index contributed by atoms with van der Waals surface area (Å²) in [5.74, 6) is 0.551. The second kappa shape index (κ2) is 6.34. The highest BCUT2D eigenvalue weighted by Gasteiger charge is 2.13. The van der Waals surface area contributed by atoms with E-state index in [1.165, 1.54) is 0 Å². The molecule has 0 radical (unpaired) electrons. The molecule has 7 heteroatoms. The molecule has 118 valence electrons. The molecule has 0 amide bonds. The van der Waals surface area contributed by atoms with E-state index in [2.05, 4.69) is 15.1 Å². The van der Waals surface area contributed by atoms with Crippen LogP contribution in [0.1, 0.15) is 41.8 Å². The molecule has 0 aliphatic rings. The standard InChI is InChI=1S/C16H14ClN3O3/c1-9(2)15-19-14(23-20-15)8-22-16(21)11-3-5-12-10(7-11)4-6-13(17)18-12/h3-7,9H,8H2,1-2H3. The third-order valence-corrected chi connectivity index (χ3v) is 3.43. The molecule has 23 heavy (non-hydrogen) atoms. The first kappa shape index (κ1) is 15.4. The summed E-state index contributed by atoms with van der Waals surface area (Å²) in [5, 5.41) is 5.03. The first-order chi connectivity index (χ1) is 11.0. The summed E-state index contributed by atoms with van der Waals surface area (Å²) >= 11 is 5.84. The number of halogens is 1. The summed E-state index contributed by atoms with van der Waals surface area (Å²) < 4.78 is 10.2. The largest absolute Gasteiger partial charge is 0.452 e. The third-order valence-electron chi connectivity index (χ3n) is 3.22. The van der Waals surface area contributed by atoms with Gasteiger partial charge < -0.3 is 9.26 Å². The molecule has 0 bridgehead atoms. The number of rotatable bonds is 4. The van der Waals surface area contributed by atoms with Gasteiger partial charge in [-0.05, 0) is 30.3 Å². The van der Waals surface area contributed by atoms with E-state index in [9.17, 15) is 4.79 Å². The second-order valence-electron chi connectivity index (χ2n) is 5.32. The quantitative estimate of drug-likeness (QED) is 0.535. The lowest BCUT2D eigenvalue weighted by atomic mass is 10.1. The molecule has 3 aromatic rings. The van der Waals surface area contributed by atoms with Crippen LogP contribution in [0.15, 0.2) is 34.9 Å². The zero-order valence-corrected chi connectivity index (χ0v) is 13.4. The number of fused-ring (bicyclic) bond motifs is 1. The maximum absolute atomic E-state index is 12.1. The molecule has 2 aromatic heterocycles. The molecule has 0 saturated carbocycles. The molecule has 0 N–H and O–H groups in total. The maximum Gasteiger partial charge on any atom is 0.338 e. The van der Waals surface area contributed by atoms with Crippen molar-refractivity contribution >= 4 is 28.5 Å². The molecular formula is C16H14ClN3O3. The molecule has 3 rings (SSSR count). The van der Waals surface area contributed by atoms with Crippen molar-refractivity contribution in [1.29, 1.82) is 0 Å². The highest BCUT2D eigenvalue weighted by atomic mass is 35.5. The predicted octanol–water partition coefficient (Wildman–Crippen LogP) is 3.75. The minimum atomic E-state index is -0.467. The molecule has 0 aliphatic heterocycles. The average molecular weight is 332 g/mol. The van der Waals surface area contributed by atoms with Gasteiger partial charge in [-0.3, -0.25) is 0 Å². The normalized spacial score (nSPS) is 11.1.